The third kappa shape index (κ3) is 9.07. The molecule has 11 nitrogen and oxygen atoms in total. The second-order valence-electron chi connectivity index (χ2n) is 10.7. The van der Waals surface area contributed by atoms with Crippen LogP contribution in [0.15, 0.2) is 0 Å². The molecule has 1 amide bonds. The van der Waals surface area contributed by atoms with Crippen LogP contribution in [-0.2, 0) is 32.8 Å². The van der Waals surface area contributed by atoms with Gasteiger partial charge in [-0.05, 0) is 47.0 Å². The summed E-state index contributed by atoms with van der Waals surface area (Å²) < 4.78 is 30.5. The van der Waals surface area contributed by atoms with Gasteiger partial charge in [-0.3, -0.25) is 14.2 Å². The number of carbonyl (C=O) groups is 2. The summed E-state index contributed by atoms with van der Waals surface area (Å²) in [7, 11) is -3.69. The Hall–Kier alpha value is -1.07. The van der Waals surface area contributed by atoms with Gasteiger partial charge in [0, 0.05) is 12.0 Å². The van der Waals surface area contributed by atoms with Crippen molar-refractivity contribution in [2.24, 2.45) is 5.41 Å². The molecule has 0 aromatic heterocycles. The van der Waals surface area contributed by atoms with Crippen molar-refractivity contribution in [2.45, 2.75) is 105 Å². The fourth-order valence-corrected chi connectivity index (χ4v) is 6.55. The van der Waals surface area contributed by atoms with E-state index in [0.717, 1.165) is 0 Å². The number of nitrogens with zero attached hydrogens (tertiary/aromatic N) is 2. The van der Waals surface area contributed by atoms with Gasteiger partial charge < -0.3 is 28.9 Å². The lowest BCUT2D eigenvalue weighted by Crippen LogP contribution is -2.55. The minimum absolute atomic E-state index is 0.0112. The van der Waals surface area contributed by atoms with E-state index in [9.17, 15) is 24.4 Å². The second kappa shape index (κ2) is 12.9. The summed E-state index contributed by atoms with van der Waals surface area (Å²) in [4.78, 5) is 32.0. The fourth-order valence-electron chi connectivity index (χ4n) is 3.86. The highest BCUT2D eigenvalue weighted by Crippen LogP contribution is 2.60. The molecule has 0 aromatic carbocycles. The normalized spacial score (nSPS) is 21.8. The number of likely N-dealkylation sites (tertiary alicyclic amines) is 1. The van der Waals surface area contributed by atoms with Gasteiger partial charge >= 0.3 is 13.6 Å². The molecule has 0 aliphatic carbocycles. The monoisotopic (exact) mass is 524 g/mol. The van der Waals surface area contributed by atoms with Crippen LogP contribution in [0.2, 0.25) is 0 Å². The predicted molar refractivity (Wildman–Crippen MR) is 130 cm³/mol. The van der Waals surface area contributed by atoms with Gasteiger partial charge in [0.2, 0.25) is 5.91 Å². The van der Waals surface area contributed by atoms with Gasteiger partial charge in [-0.1, -0.05) is 20.8 Å². The molecule has 1 saturated heterocycles. The van der Waals surface area contributed by atoms with E-state index in [1.807, 2.05) is 41.5 Å². The Balaban J connectivity index is 3.00. The van der Waals surface area contributed by atoms with Gasteiger partial charge in [-0.15, -0.1) is 0 Å². The van der Waals surface area contributed by atoms with Crippen molar-refractivity contribution in [3.63, 3.8) is 0 Å². The van der Waals surface area contributed by atoms with Crippen LogP contribution in [0.3, 0.4) is 0 Å². The zero-order valence-corrected chi connectivity index (χ0v) is 23.5. The van der Waals surface area contributed by atoms with Gasteiger partial charge in [0.05, 0.1) is 32.3 Å². The van der Waals surface area contributed by atoms with Crippen molar-refractivity contribution >= 4 is 19.5 Å². The van der Waals surface area contributed by atoms with Crippen LogP contribution in [0.1, 0.15) is 75.2 Å². The number of carbonyl (C=O) groups excluding carboxylic acids is 2. The topological polar surface area (TPSA) is 135 Å². The summed E-state index contributed by atoms with van der Waals surface area (Å²) in [5, 5.41) is 21.1. The minimum atomic E-state index is -3.69. The Morgan fingerprint density at radius 2 is 1.69 bits per heavy atom. The molecule has 0 spiro atoms. The van der Waals surface area contributed by atoms with Gasteiger partial charge in [0.1, 0.15) is 18.6 Å². The highest BCUT2D eigenvalue weighted by molar-refractivity contribution is 7.54. The van der Waals surface area contributed by atoms with E-state index >= 15 is 0 Å². The SMILES string of the molecule is CCOP(=O)(OCC)C(N(OC(C)C(=O)OCCN1C(=O)C[C@H](O)C[C@H]1O)C(C)(C)C)C(C)(C)C. The molecule has 0 saturated carbocycles. The maximum Gasteiger partial charge on any atom is 0.350 e. The number of rotatable bonds is 12. The van der Waals surface area contributed by atoms with E-state index in [1.54, 1.807) is 13.8 Å². The van der Waals surface area contributed by atoms with E-state index in [0.29, 0.717) is 0 Å². The van der Waals surface area contributed by atoms with Crippen molar-refractivity contribution in [3.8, 4) is 0 Å². The minimum Gasteiger partial charge on any atom is -0.462 e. The average Bonchev–Trinajstić information content (AvgIpc) is 2.67. The summed E-state index contributed by atoms with van der Waals surface area (Å²) in [5.41, 5.74) is -1.31. The van der Waals surface area contributed by atoms with Crippen LogP contribution in [0.4, 0.5) is 0 Å². The second-order valence-corrected chi connectivity index (χ2v) is 12.8. The third-order valence-electron chi connectivity index (χ3n) is 5.33. The van der Waals surface area contributed by atoms with Crippen LogP contribution >= 0.6 is 7.60 Å². The van der Waals surface area contributed by atoms with Crippen LogP contribution < -0.4 is 0 Å². The summed E-state index contributed by atoms with van der Waals surface area (Å²) in [6.07, 6.45) is -3.12. The molecule has 4 atom stereocenters. The molecule has 12 heteroatoms. The lowest BCUT2D eigenvalue weighted by molar-refractivity contribution is -0.263. The molecule has 2 unspecified atom stereocenters. The first kappa shape index (κ1) is 32.0. The molecule has 1 rings (SSSR count). The number of amides is 1. The van der Waals surface area contributed by atoms with E-state index in [4.69, 9.17) is 18.6 Å². The molecule has 0 bridgehead atoms. The van der Waals surface area contributed by atoms with Crippen LogP contribution in [0.25, 0.3) is 0 Å². The predicted octanol–water partition coefficient (Wildman–Crippen LogP) is 2.89. The van der Waals surface area contributed by atoms with Gasteiger partial charge in [-0.25, -0.2) is 4.79 Å². The Bertz CT molecular complexity index is 740. The molecule has 1 heterocycles. The Morgan fingerprint density at radius 1 is 1.14 bits per heavy atom. The first-order chi connectivity index (χ1) is 16.0. The summed E-state index contributed by atoms with van der Waals surface area (Å²) in [6.45, 7) is 16.5. The molecule has 1 fully saturated rings. The molecular formula is C23H45N2O9P. The zero-order valence-electron chi connectivity index (χ0n) is 22.6. The number of aliphatic hydroxyl groups excluding tert-OH is 2. The molecule has 1 aliphatic rings. The number of piperidine rings is 1. The molecule has 0 aromatic rings. The maximum absolute atomic E-state index is 13.9. The van der Waals surface area contributed by atoms with Crippen LogP contribution in [0.5, 0.6) is 0 Å². The number of hydroxylamine groups is 2. The number of aliphatic hydroxyl groups is 2. The summed E-state index contributed by atoms with van der Waals surface area (Å²) in [6, 6.07) is 0. The quantitative estimate of drug-likeness (QED) is 0.223. The summed E-state index contributed by atoms with van der Waals surface area (Å²) in [5.74, 6) is -1.93. The van der Waals surface area contributed by atoms with Crippen molar-refractivity contribution in [1.82, 2.24) is 9.96 Å². The Morgan fingerprint density at radius 3 is 2.11 bits per heavy atom. The van der Waals surface area contributed by atoms with E-state index in [-0.39, 0.29) is 39.2 Å². The van der Waals surface area contributed by atoms with E-state index in [1.165, 1.54) is 16.9 Å². The highest BCUT2D eigenvalue weighted by atomic mass is 31.2. The standard InChI is InChI=1S/C23H45N2O9P/c1-10-32-35(30,33-11-2)21(22(4,5)6)25(23(7,8)9)34-16(3)20(29)31-13-12-24-18(27)14-17(26)15-19(24)28/h16-18,21,26-27H,10-15H2,1-9H3/t16?,17-,18-,21?/m1/s1. The number of esters is 1. The van der Waals surface area contributed by atoms with Gasteiger partial charge in [-0.2, -0.15) is 5.06 Å². The summed E-state index contributed by atoms with van der Waals surface area (Å²) >= 11 is 0. The molecule has 1 aliphatic heterocycles. The Labute approximate surface area is 209 Å². The molecular weight excluding hydrogens is 479 g/mol. The van der Waals surface area contributed by atoms with Crippen molar-refractivity contribution in [1.29, 1.82) is 0 Å². The smallest absolute Gasteiger partial charge is 0.350 e. The first-order valence-corrected chi connectivity index (χ1v) is 13.8. The van der Waals surface area contributed by atoms with Gasteiger partial charge in [0.25, 0.3) is 0 Å². The van der Waals surface area contributed by atoms with Crippen molar-refractivity contribution in [3.05, 3.63) is 0 Å². The van der Waals surface area contributed by atoms with Crippen LogP contribution in [0, 0.1) is 5.41 Å². The van der Waals surface area contributed by atoms with E-state index in [2.05, 4.69) is 0 Å². The van der Waals surface area contributed by atoms with Gasteiger partial charge in [0.15, 0.2) is 6.10 Å². The maximum atomic E-state index is 13.9. The molecule has 0 radical (unpaired) electrons. The zero-order chi connectivity index (χ0) is 27.2. The Kier molecular flexibility index (Phi) is 11.8. The largest absolute Gasteiger partial charge is 0.462 e. The van der Waals surface area contributed by atoms with Crippen molar-refractivity contribution in [2.75, 3.05) is 26.4 Å². The fraction of sp³-hybridized carbons (Fsp3) is 0.913. The lowest BCUT2D eigenvalue weighted by Gasteiger charge is -2.47. The van der Waals surface area contributed by atoms with Crippen LogP contribution in [-0.4, -0.2) is 88.2 Å². The van der Waals surface area contributed by atoms with E-state index < -0.39 is 54.6 Å². The third-order valence-corrected chi connectivity index (χ3v) is 8.15. The first-order valence-electron chi connectivity index (χ1n) is 12.1. The molecule has 206 valence electrons. The molecule has 2 N–H and O–H groups in total. The number of hydrogen-bond acceptors (Lipinski definition) is 10. The number of ether oxygens (including phenoxy) is 1. The average molecular weight is 525 g/mol. The highest BCUT2D eigenvalue weighted by Gasteiger charge is 2.52. The lowest BCUT2D eigenvalue weighted by atomic mass is 9.94. The molecule has 35 heavy (non-hydrogen) atoms. The van der Waals surface area contributed by atoms with Crippen molar-refractivity contribution < 1.29 is 43.0 Å². The number of hydrogen-bond donors (Lipinski definition) is 2.